The van der Waals surface area contributed by atoms with Crippen LogP contribution in [-0.4, -0.2) is 29.9 Å². The topological polar surface area (TPSA) is 60.9 Å². The lowest BCUT2D eigenvalue weighted by atomic mass is 9.95. The van der Waals surface area contributed by atoms with Gasteiger partial charge in [-0.05, 0) is 74.9 Å². The van der Waals surface area contributed by atoms with Gasteiger partial charge in [0, 0.05) is 35.1 Å². The Hall–Kier alpha value is -3.57. The van der Waals surface area contributed by atoms with Gasteiger partial charge < -0.3 is 10.0 Å². The highest BCUT2D eigenvalue weighted by Gasteiger charge is 2.46. The minimum absolute atomic E-state index is 0.0588. The second kappa shape index (κ2) is 9.74. The quantitative estimate of drug-likeness (QED) is 0.265. The Morgan fingerprint density at radius 3 is 2.06 bits per heavy atom. The Kier molecular flexibility index (Phi) is 6.75. The average Bonchev–Trinajstić information content (AvgIpc) is 3.11. The van der Waals surface area contributed by atoms with Crippen LogP contribution in [0.1, 0.15) is 36.6 Å². The molecule has 0 saturated carbocycles. The van der Waals surface area contributed by atoms with Crippen LogP contribution in [0.2, 0.25) is 5.02 Å². The highest BCUT2D eigenvalue weighted by Crippen LogP contribution is 2.42. The molecule has 0 bridgehead atoms. The predicted octanol–water partition coefficient (Wildman–Crippen LogP) is 6.12. The van der Waals surface area contributed by atoms with Crippen molar-refractivity contribution in [3.63, 3.8) is 0 Å². The fourth-order valence-electron chi connectivity index (χ4n) is 4.34. The molecule has 6 heteroatoms. The first kappa shape index (κ1) is 23.6. The molecule has 3 aromatic rings. The lowest BCUT2D eigenvalue weighted by Crippen LogP contribution is -2.29. The maximum Gasteiger partial charge on any atom is 0.300 e. The van der Waals surface area contributed by atoms with Crippen LogP contribution in [0, 0.1) is 6.92 Å². The summed E-state index contributed by atoms with van der Waals surface area (Å²) in [7, 11) is 0. The summed E-state index contributed by atoms with van der Waals surface area (Å²) in [6.07, 6.45) is 0. The summed E-state index contributed by atoms with van der Waals surface area (Å²) in [6, 6.07) is 21.0. The molecule has 0 aliphatic carbocycles. The monoisotopic (exact) mass is 474 g/mol. The smallest absolute Gasteiger partial charge is 0.300 e. The minimum atomic E-state index is -0.760. The predicted molar refractivity (Wildman–Crippen MR) is 137 cm³/mol. The number of aliphatic hydroxyl groups is 1. The number of rotatable bonds is 6. The van der Waals surface area contributed by atoms with Gasteiger partial charge in [0.25, 0.3) is 11.7 Å². The molecule has 0 spiro atoms. The molecule has 174 valence electrons. The van der Waals surface area contributed by atoms with E-state index in [9.17, 15) is 14.7 Å². The third-order valence-corrected chi connectivity index (χ3v) is 6.46. The largest absolute Gasteiger partial charge is 0.507 e. The second-order valence-corrected chi connectivity index (χ2v) is 8.71. The maximum absolute atomic E-state index is 13.2. The zero-order valence-corrected chi connectivity index (χ0v) is 20.2. The Morgan fingerprint density at radius 2 is 1.50 bits per heavy atom. The van der Waals surface area contributed by atoms with Crippen molar-refractivity contribution in [1.82, 2.24) is 0 Å². The number of hydrogen-bond acceptors (Lipinski definition) is 4. The van der Waals surface area contributed by atoms with E-state index in [4.69, 9.17) is 11.6 Å². The van der Waals surface area contributed by atoms with Crippen LogP contribution in [0.25, 0.3) is 5.76 Å². The molecule has 1 unspecified atom stereocenters. The van der Waals surface area contributed by atoms with E-state index in [1.807, 2.05) is 55.5 Å². The molecule has 1 saturated heterocycles. The number of aryl methyl sites for hydroxylation is 1. The first-order valence-electron chi connectivity index (χ1n) is 11.3. The summed E-state index contributed by atoms with van der Waals surface area (Å²) < 4.78 is 0. The number of benzene rings is 3. The first-order chi connectivity index (χ1) is 16.3. The fourth-order valence-corrected chi connectivity index (χ4v) is 4.47. The average molecular weight is 475 g/mol. The standard InChI is InChI=1S/C28H27ClN2O3/c1-4-30(5-2)22-16-10-19(11-17-22)25-24(26(32)20-8-12-21(29)13-9-20)27(33)28(34)31(25)23-14-6-18(3)7-15-23/h6-17,25,32H,4-5H2,1-3H3/b26-24-. The Bertz CT molecular complexity index is 1230. The van der Waals surface area contributed by atoms with Crippen molar-refractivity contribution < 1.29 is 14.7 Å². The Morgan fingerprint density at radius 1 is 0.912 bits per heavy atom. The van der Waals surface area contributed by atoms with Crippen LogP contribution >= 0.6 is 11.6 Å². The number of anilines is 2. The fraction of sp³-hybridized carbons (Fsp3) is 0.214. The number of halogens is 1. The van der Waals surface area contributed by atoms with Gasteiger partial charge in [-0.2, -0.15) is 0 Å². The minimum Gasteiger partial charge on any atom is -0.507 e. The van der Waals surface area contributed by atoms with Gasteiger partial charge >= 0.3 is 0 Å². The lowest BCUT2D eigenvalue weighted by Gasteiger charge is -2.27. The highest BCUT2D eigenvalue weighted by molar-refractivity contribution is 6.51. The van der Waals surface area contributed by atoms with Crippen molar-refractivity contribution in [2.75, 3.05) is 22.9 Å². The van der Waals surface area contributed by atoms with E-state index >= 15 is 0 Å². The van der Waals surface area contributed by atoms with E-state index in [1.54, 1.807) is 24.3 Å². The first-order valence-corrected chi connectivity index (χ1v) is 11.7. The van der Waals surface area contributed by atoms with Crippen molar-refractivity contribution in [1.29, 1.82) is 0 Å². The van der Waals surface area contributed by atoms with Crippen molar-refractivity contribution in [2.45, 2.75) is 26.8 Å². The molecule has 1 amide bonds. The van der Waals surface area contributed by atoms with E-state index in [0.717, 1.165) is 29.9 Å². The molecular formula is C28H27ClN2O3. The number of aliphatic hydroxyl groups excluding tert-OH is 1. The van der Waals surface area contributed by atoms with Crippen LogP contribution in [0.5, 0.6) is 0 Å². The van der Waals surface area contributed by atoms with Crippen molar-refractivity contribution >= 4 is 40.4 Å². The zero-order chi connectivity index (χ0) is 24.4. The van der Waals surface area contributed by atoms with Gasteiger partial charge in [-0.1, -0.05) is 41.4 Å². The molecule has 0 aromatic heterocycles. The molecule has 1 aliphatic heterocycles. The summed E-state index contributed by atoms with van der Waals surface area (Å²) in [6.45, 7) is 7.88. The van der Waals surface area contributed by atoms with Crippen LogP contribution in [0.3, 0.4) is 0 Å². The molecule has 1 N–H and O–H groups in total. The molecule has 1 atom stereocenters. The number of carbonyl (C=O) groups excluding carboxylic acids is 2. The van der Waals surface area contributed by atoms with Gasteiger partial charge in [0.2, 0.25) is 0 Å². The summed E-state index contributed by atoms with van der Waals surface area (Å²) in [4.78, 5) is 30.2. The molecule has 1 aliphatic rings. The highest BCUT2D eigenvalue weighted by atomic mass is 35.5. The van der Waals surface area contributed by atoms with Gasteiger partial charge in [0.1, 0.15) is 5.76 Å². The molecule has 1 heterocycles. The zero-order valence-electron chi connectivity index (χ0n) is 19.5. The Labute approximate surface area is 204 Å². The summed E-state index contributed by atoms with van der Waals surface area (Å²) in [5.41, 5.74) is 3.92. The van der Waals surface area contributed by atoms with E-state index in [1.165, 1.54) is 4.90 Å². The van der Waals surface area contributed by atoms with Gasteiger partial charge in [0.05, 0.1) is 11.6 Å². The van der Waals surface area contributed by atoms with Crippen LogP contribution in [0.4, 0.5) is 11.4 Å². The number of carbonyl (C=O) groups is 2. The van der Waals surface area contributed by atoms with E-state index in [0.29, 0.717) is 16.3 Å². The van der Waals surface area contributed by atoms with Gasteiger partial charge in [-0.15, -0.1) is 0 Å². The van der Waals surface area contributed by atoms with Crippen LogP contribution in [0.15, 0.2) is 78.4 Å². The number of amides is 1. The van der Waals surface area contributed by atoms with Crippen molar-refractivity contribution in [2.24, 2.45) is 0 Å². The number of Topliss-reactive ketones (excluding diaryl/α,β-unsaturated/α-hetero) is 1. The van der Waals surface area contributed by atoms with Gasteiger partial charge in [-0.3, -0.25) is 14.5 Å². The molecular weight excluding hydrogens is 448 g/mol. The summed E-state index contributed by atoms with van der Waals surface area (Å²) in [5.74, 6) is -1.61. The second-order valence-electron chi connectivity index (χ2n) is 8.28. The molecule has 4 rings (SSSR count). The molecule has 0 radical (unpaired) electrons. The molecule has 1 fully saturated rings. The molecule has 5 nitrogen and oxygen atoms in total. The molecule has 3 aromatic carbocycles. The summed E-state index contributed by atoms with van der Waals surface area (Å²) >= 11 is 6.00. The van der Waals surface area contributed by atoms with Crippen molar-refractivity contribution in [3.8, 4) is 0 Å². The third kappa shape index (κ3) is 4.31. The normalized spacial score (nSPS) is 17.3. The number of ketones is 1. The van der Waals surface area contributed by atoms with Crippen LogP contribution < -0.4 is 9.80 Å². The van der Waals surface area contributed by atoms with Gasteiger partial charge in [-0.25, -0.2) is 0 Å². The number of nitrogens with zero attached hydrogens (tertiary/aromatic N) is 2. The van der Waals surface area contributed by atoms with E-state index in [2.05, 4.69) is 18.7 Å². The van der Waals surface area contributed by atoms with Crippen LogP contribution in [-0.2, 0) is 9.59 Å². The summed E-state index contributed by atoms with van der Waals surface area (Å²) in [5, 5.41) is 11.7. The molecule has 34 heavy (non-hydrogen) atoms. The van der Waals surface area contributed by atoms with Gasteiger partial charge in [0.15, 0.2) is 0 Å². The third-order valence-electron chi connectivity index (χ3n) is 6.21. The lowest BCUT2D eigenvalue weighted by molar-refractivity contribution is -0.132. The van der Waals surface area contributed by atoms with E-state index < -0.39 is 17.7 Å². The SMILES string of the molecule is CCN(CC)c1ccc(C2/C(=C(/O)c3ccc(Cl)cc3)C(=O)C(=O)N2c2ccc(C)cc2)cc1. The van der Waals surface area contributed by atoms with E-state index in [-0.39, 0.29) is 11.3 Å². The maximum atomic E-state index is 13.2. The van der Waals surface area contributed by atoms with Crippen molar-refractivity contribution in [3.05, 3.63) is 100 Å². The Balaban J connectivity index is 1.88. The number of hydrogen-bond donors (Lipinski definition) is 1.